The van der Waals surface area contributed by atoms with Gasteiger partial charge in [0.2, 0.25) is 5.95 Å². The molecule has 0 aliphatic heterocycles. The minimum absolute atomic E-state index is 0.135. The zero-order valence-electron chi connectivity index (χ0n) is 6.73. The minimum Gasteiger partial charge on any atom is -0.263 e. The van der Waals surface area contributed by atoms with Gasteiger partial charge in [-0.05, 0) is 43.4 Å². The van der Waals surface area contributed by atoms with Gasteiger partial charge in [-0.2, -0.15) is 4.39 Å². The lowest BCUT2D eigenvalue weighted by Gasteiger charge is -2.18. The van der Waals surface area contributed by atoms with Crippen LogP contribution in [0.25, 0.3) is 0 Å². The smallest absolute Gasteiger partial charge is 0.245 e. The van der Waals surface area contributed by atoms with Crippen molar-refractivity contribution in [2.24, 2.45) is 0 Å². The highest BCUT2D eigenvalue weighted by Crippen LogP contribution is 2.16. The maximum absolute atomic E-state index is 12.7. The molecule has 0 saturated heterocycles. The maximum atomic E-state index is 12.7. The number of rotatable bonds is 0. The summed E-state index contributed by atoms with van der Waals surface area (Å²) in [5, 5.41) is 3.72. The summed E-state index contributed by atoms with van der Waals surface area (Å²) >= 11 is 1.93. The van der Waals surface area contributed by atoms with E-state index >= 15 is 0 Å². The van der Waals surface area contributed by atoms with Crippen LogP contribution in [-0.4, -0.2) is 9.78 Å². The Labute approximate surface area is 78.9 Å². The molecule has 1 heterocycles. The molecule has 0 spiro atoms. The Hall–Kier alpha value is -0.130. The Morgan fingerprint density at radius 2 is 2.09 bits per heavy atom. The van der Waals surface area contributed by atoms with Crippen LogP contribution in [0.5, 0.6) is 0 Å². The second-order valence-corrected chi connectivity index (χ2v) is 4.55. The SMILES string of the molecule is CC(C)(C)n1cc(I)c(F)n1. The van der Waals surface area contributed by atoms with Crippen LogP contribution in [0.1, 0.15) is 20.8 Å². The third-order valence-corrected chi connectivity index (χ3v) is 2.04. The molecule has 0 aliphatic rings. The Kier molecular flexibility index (Phi) is 2.22. The highest BCUT2D eigenvalue weighted by molar-refractivity contribution is 14.1. The molecular formula is C7H10FIN2. The molecule has 1 aromatic heterocycles. The molecule has 0 atom stereocenters. The average molecular weight is 268 g/mol. The van der Waals surface area contributed by atoms with Crippen LogP contribution < -0.4 is 0 Å². The lowest BCUT2D eigenvalue weighted by atomic mass is 10.1. The Bertz CT molecular complexity index is 242. The molecule has 0 radical (unpaired) electrons. The summed E-state index contributed by atoms with van der Waals surface area (Å²) in [7, 11) is 0. The van der Waals surface area contributed by atoms with E-state index < -0.39 is 0 Å². The van der Waals surface area contributed by atoms with E-state index in [0.29, 0.717) is 3.57 Å². The monoisotopic (exact) mass is 268 g/mol. The third kappa shape index (κ3) is 1.91. The van der Waals surface area contributed by atoms with E-state index in [1.54, 1.807) is 10.9 Å². The van der Waals surface area contributed by atoms with Gasteiger partial charge in [-0.3, -0.25) is 4.68 Å². The number of aromatic nitrogens is 2. The van der Waals surface area contributed by atoms with Gasteiger partial charge in [0.1, 0.15) is 0 Å². The van der Waals surface area contributed by atoms with Crippen LogP contribution in [0, 0.1) is 9.52 Å². The van der Waals surface area contributed by atoms with Gasteiger partial charge < -0.3 is 0 Å². The minimum atomic E-state index is -0.388. The van der Waals surface area contributed by atoms with Gasteiger partial charge in [-0.15, -0.1) is 5.10 Å². The summed E-state index contributed by atoms with van der Waals surface area (Å²) in [6, 6.07) is 0. The second kappa shape index (κ2) is 2.73. The standard InChI is InChI=1S/C7H10FIN2/c1-7(2,3)11-4-5(9)6(8)10-11/h4H,1-3H3. The first-order chi connectivity index (χ1) is 4.91. The first-order valence-electron chi connectivity index (χ1n) is 3.32. The van der Waals surface area contributed by atoms with Gasteiger partial charge in [0, 0.05) is 6.20 Å². The molecule has 0 fully saturated rings. The van der Waals surface area contributed by atoms with Crippen molar-refractivity contribution in [2.75, 3.05) is 0 Å². The van der Waals surface area contributed by atoms with Crippen molar-refractivity contribution in [2.45, 2.75) is 26.3 Å². The van der Waals surface area contributed by atoms with Gasteiger partial charge in [0.05, 0.1) is 9.11 Å². The Morgan fingerprint density at radius 1 is 1.55 bits per heavy atom. The fourth-order valence-corrected chi connectivity index (χ4v) is 1.05. The zero-order valence-corrected chi connectivity index (χ0v) is 8.89. The van der Waals surface area contributed by atoms with Crippen LogP contribution in [-0.2, 0) is 5.54 Å². The molecule has 0 amide bonds. The third-order valence-electron chi connectivity index (χ3n) is 1.32. The summed E-state index contributed by atoms with van der Waals surface area (Å²) < 4.78 is 14.9. The molecule has 1 aromatic rings. The molecule has 0 N–H and O–H groups in total. The van der Waals surface area contributed by atoms with E-state index in [2.05, 4.69) is 5.10 Å². The molecule has 0 bridgehead atoms. The van der Waals surface area contributed by atoms with Gasteiger partial charge in [0.15, 0.2) is 0 Å². The normalized spacial score (nSPS) is 12.1. The van der Waals surface area contributed by atoms with Crippen molar-refractivity contribution in [3.8, 4) is 0 Å². The highest BCUT2D eigenvalue weighted by atomic mass is 127. The van der Waals surface area contributed by atoms with E-state index in [0.717, 1.165) is 0 Å². The summed E-state index contributed by atoms with van der Waals surface area (Å²) in [4.78, 5) is 0. The fourth-order valence-electron chi connectivity index (χ4n) is 0.675. The van der Waals surface area contributed by atoms with Crippen LogP contribution in [0.4, 0.5) is 4.39 Å². The molecule has 11 heavy (non-hydrogen) atoms. The predicted octanol–water partition coefficient (Wildman–Crippen LogP) is 2.38. The van der Waals surface area contributed by atoms with Crippen LogP contribution in [0.15, 0.2) is 6.20 Å². The van der Waals surface area contributed by atoms with E-state index in [1.807, 2.05) is 43.4 Å². The zero-order chi connectivity index (χ0) is 8.65. The van der Waals surface area contributed by atoms with E-state index in [1.165, 1.54) is 0 Å². The van der Waals surface area contributed by atoms with Gasteiger partial charge in [-0.1, -0.05) is 0 Å². The molecule has 0 aliphatic carbocycles. The van der Waals surface area contributed by atoms with Crippen LogP contribution >= 0.6 is 22.6 Å². The predicted molar refractivity (Wildman–Crippen MR) is 49.9 cm³/mol. The van der Waals surface area contributed by atoms with Gasteiger partial charge >= 0.3 is 0 Å². The van der Waals surface area contributed by atoms with Gasteiger partial charge in [0.25, 0.3) is 0 Å². The summed E-state index contributed by atoms with van der Waals surface area (Å²) in [6.07, 6.45) is 1.70. The molecule has 4 heteroatoms. The van der Waals surface area contributed by atoms with Crippen molar-refractivity contribution in [3.63, 3.8) is 0 Å². The molecule has 62 valence electrons. The molecule has 0 saturated carbocycles. The first kappa shape index (κ1) is 8.96. The number of hydrogen-bond acceptors (Lipinski definition) is 1. The first-order valence-corrected chi connectivity index (χ1v) is 4.40. The van der Waals surface area contributed by atoms with Crippen molar-refractivity contribution in [3.05, 3.63) is 15.7 Å². The van der Waals surface area contributed by atoms with Crippen molar-refractivity contribution in [1.29, 1.82) is 0 Å². The average Bonchev–Trinajstić information content (AvgIpc) is 2.11. The van der Waals surface area contributed by atoms with Crippen molar-refractivity contribution >= 4 is 22.6 Å². The maximum Gasteiger partial charge on any atom is 0.245 e. The Balaban J connectivity index is 3.08. The fraction of sp³-hybridized carbons (Fsp3) is 0.571. The topological polar surface area (TPSA) is 17.8 Å². The molecular weight excluding hydrogens is 258 g/mol. The summed E-state index contributed by atoms with van der Waals surface area (Å²) in [6.45, 7) is 5.94. The van der Waals surface area contributed by atoms with E-state index in [-0.39, 0.29) is 11.5 Å². The van der Waals surface area contributed by atoms with E-state index in [4.69, 9.17) is 0 Å². The highest BCUT2D eigenvalue weighted by Gasteiger charge is 2.16. The quantitative estimate of drug-likeness (QED) is 0.660. The lowest BCUT2D eigenvalue weighted by molar-refractivity contribution is 0.342. The molecule has 0 unspecified atom stereocenters. The molecule has 1 rings (SSSR count). The number of hydrogen-bond donors (Lipinski definition) is 0. The van der Waals surface area contributed by atoms with Crippen LogP contribution in [0.2, 0.25) is 0 Å². The number of halogens is 2. The summed E-state index contributed by atoms with van der Waals surface area (Å²) in [5.41, 5.74) is -0.135. The van der Waals surface area contributed by atoms with Crippen LogP contribution in [0.3, 0.4) is 0 Å². The summed E-state index contributed by atoms with van der Waals surface area (Å²) in [5.74, 6) is -0.388. The van der Waals surface area contributed by atoms with Gasteiger partial charge in [-0.25, -0.2) is 0 Å². The van der Waals surface area contributed by atoms with Crippen molar-refractivity contribution < 1.29 is 4.39 Å². The Morgan fingerprint density at radius 3 is 2.27 bits per heavy atom. The number of nitrogens with zero attached hydrogens (tertiary/aromatic N) is 2. The second-order valence-electron chi connectivity index (χ2n) is 3.38. The largest absolute Gasteiger partial charge is 0.263 e. The molecule has 2 nitrogen and oxygen atoms in total. The van der Waals surface area contributed by atoms with Crippen molar-refractivity contribution in [1.82, 2.24) is 9.78 Å². The molecule has 0 aromatic carbocycles. The van der Waals surface area contributed by atoms with E-state index in [9.17, 15) is 4.39 Å². The lowest BCUT2D eigenvalue weighted by Crippen LogP contribution is -2.22.